The predicted octanol–water partition coefficient (Wildman–Crippen LogP) is 1.83. The third-order valence-corrected chi connectivity index (χ3v) is 5.28. The fraction of sp³-hybridized carbons (Fsp3) is 0.474. The highest BCUT2D eigenvalue weighted by Gasteiger charge is 2.23. The van der Waals surface area contributed by atoms with E-state index in [9.17, 15) is 9.59 Å². The SMILES string of the molecule is CCOC(=O)CNC(=O)N1CCN(c2nc(Cc3ccc(C)cc3)ns2)CC1. The van der Waals surface area contributed by atoms with Gasteiger partial charge in [-0.15, -0.1) is 0 Å². The lowest BCUT2D eigenvalue weighted by Gasteiger charge is -2.34. The molecule has 1 aliphatic heterocycles. The van der Waals surface area contributed by atoms with Crippen molar-refractivity contribution in [3.05, 3.63) is 41.2 Å². The van der Waals surface area contributed by atoms with E-state index in [1.165, 1.54) is 22.7 Å². The molecule has 1 saturated heterocycles. The number of ether oxygens (including phenoxy) is 1. The largest absolute Gasteiger partial charge is 0.465 e. The second-order valence-electron chi connectivity index (χ2n) is 6.59. The molecule has 28 heavy (non-hydrogen) atoms. The number of aryl methyl sites for hydroxylation is 1. The number of urea groups is 1. The van der Waals surface area contributed by atoms with Crippen LogP contribution in [0.1, 0.15) is 23.9 Å². The molecule has 9 heteroatoms. The average molecular weight is 404 g/mol. The molecule has 0 aliphatic carbocycles. The monoisotopic (exact) mass is 403 g/mol. The highest BCUT2D eigenvalue weighted by molar-refractivity contribution is 7.09. The Morgan fingerprint density at radius 2 is 1.89 bits per heavy atom. The summed E-state index contributed by atoms with van der Waals surface area (Å²) in [5, 5.41) is 3.48. The van der Waals surface area contributed by atoms with Crippen molar-refractivity contribution >= 4 is 28.7 Å². The van der Waals surface area contributed by atoms with Gasteiger partial charge in [-0.05, 0) is 19.4 Å². The standard InChI is InChI=1S/C19H25N5O3S/c1-3-27-17(25)13-20-18(26)23-8-10-24(11-9-23)19-21-16(22-28-19)12-15-6-4-14(2)5-7-15/h4-7H,3,8-13H2,1-2H3,(H,20,26). The van der Waals surface area contributed by atoms with E-state index in [1.807, 2.05) is 0 Å². The van der Waals surface area contributed by atoms with Crippen LogP contribution in [0.5, 0.6) is 0 Å². The summed E-state index contributed by atoms with van der Waals surface area (Å²) >= 11 is 1.39. The molecular formula is C19H25N5O3S. The molecule has 1 aromatic heterocycles. The molecule has 150 valence electrons. The Kier molecular flexibility index (Phi) is 6.80. The minimum Gasteiger partial charge on any atom is -0.465 e. The summed E-state index contributed by atoms with van der Waals surface area (Å²) in [6.45, 7) is 6.52. The number of carbonyl (C=O) groups excluding carboxylic acids is 2. The number of piperazine rings is 1. The smallest absolute Gasteiger partial charge is 0.325 e. The van der Waals surface area contributed by atoms with Crippen molar-refractivity contribution in [2.75, 3.05) is 44.2 Å². The predicted molar refractivity (Wildman–Crippen MR) is 108 cm³/mol. The molecule has 0 saturated carbocycles. The molecule has 1 aromatic carbocycles. The first-order chi connectivity index (χ1) is 13.5. The van der Waals surface area contributed by atoms with Gasteiger partial charge in [-0.3, -0.25) is 4.79 Å². The summed E-state index contributed by atoms with van der Waals surface area (Å²) in [5.74, 6) is 0.392. The van der Waals surface area contributed by atoms with E-state index >= 15 is 0 Å². The molecule has 1 aliphatic rings. The number of hydrogen-bond donors (Lipinski definition) is 1. The zero-order valence-electron chi connectivity index (χ0n) is 16.2. The quantitative estimate of drug-likeness (QED) is 0.741. The number of rotatable bonds is 6. The van der Waals surface area contributed by atoms with Crippen molar-refractivity contribution in [1.29, 1.82) is 0 Å². The normalized spacial score (nSPS) is 14.1. The molecular weight excluding hydrogens is 378 g/mol. The van der Waals surface area contributed by atoms with Crippen LogP contribution < -0.4 is 10.2 Å². The van der Waals surface area contributed by atoms with Crippen LogP contribution in [0, 0.1) is 6.92 Å². The van der Waals surface area contributed by atoms with Crippen LogP contribution in [-0.4, -0.2) is 65.6 Å². The van der Waals surface area contributed by atoms with Crippen LogP contribution >= 0.6 is 11.5 Å². The van der Waals surface area contributed by atoms with Gasteiger partial charge in [0, 0.05) is 44.1 Å². The van der Waals surface area contributed by atoms with Crippen LogP contribution in [-0.2, 0) is 16.0 Å². The Bertz CT molecular complexity index is 800. The van der Waals surface area contributed by atoms with Gasteiger partial charge in [-0.1, -0.05) is 29.8 Å². The zero-order chi connectivity index (χ0) is 19.9. The second kappa shape index (κ2) is 9.50. The Balaban J connectivity index is 1.47. The van der Waals surface area contributed by atoms with E-state index in [0.717, 1.165) is 11.0 Å². The van der Waals surface area contributed by atoms with Crippen LogP contribution in [0.25, 0.3) is 0 Å². The Morgan fingerprint density at radius 3 is 2.57 bits per heavy atom. The third kappa shape index (κ3) is 5.41. The second-order valence-corrected chi connectivity index (χ2v) is 7.32. The summed E-state index contributed by atoms with van der Waals surface area (Å²) < 4.78 is 9.29. The fourth-order valence-corrected chi connectivity index (χ4v) is 3.64. The van der Waals surface area contributed by atoms with Gasteiger partial charge in [0.25, 0.3) is 0 Å². The first kappa shape index (κ1) is 20.1. The van der Waals surface area contributed by atoms with Crippen molar-refractivity contribution < 1.29 is 14.3 Å². The fourth-order valence-electron chi connectivity index (χ4n) is 2.91. The molecule has 0 unspecified atom stereocenters. The van der Waals surface area contributed by atoms with Crippen molar-refractivity contribution in [1.82, 2.24) is 19.6 Å². The van der Waals surface area contributed by atoms with Crippen molar-refractivity contribution in [2.45, 2.75) is 20.3 Å². The molecule has 2 amide bonds. The number of benzene rings is 1. The summed E-state index contributed by atoms with van der Waals surface area (Å²) in [6, 6.07) is 8.14. The lowest BCUT2D eigenvalue weighted by Crippen LogP contribution is -2.52. The third-order valence-electron chi connectivity index (χ3n) is 4.47. The number of aromatic nitrogens is 2. The van der Waals surface area contributed by atoms with Gasteiger partial charge in [0.05, 0.1) is 6.61 Å². The number of carbonyl (C=O) groups is 2. The van der Waals surface area contributed by atoms with Crippen LogP contribution in [0.15, 0.2) is 24.3 Å². The lowest BCUT2D eigenvalue weighted by molar-refractivity contribution is -0.141. The van der Waals surface area contributed by atoms with E-state index in [0.29, 0.717) is 39.2 Å². The summed E-state index contributed by atoms with van der Waals surface area (Å²) in [5.41, 5.74) is 2.43. The van der Waals surface area contributed by atoms with Gasteiger partial charge in [0.2, 0.25) is 5.13 Å². The van der Waals surface area contributed by atoms with Crippen molar-refractivity contribution in [2.24, 2.45) is 0 Å². The van der Waals surface area contributed by atoms with Crippen LogP contribution in [0.4, 0.5) is 9.93 Å². The van der Waals surface area contributed by atoms with E-state index in [4.69, 9.17) is 4.74 Å². The maximum absolute atomic E-state index is 12.1. The molecule has 0 spiro atoms. The average Bonchev–Trinajstić information content (AvgIpc) is 3.17. The Labute approximate surface area is 168 Å². The molecule has 8 nitrogen and oxygen atoms in total. The summed E-state index contributed by atoms with van der Waals surface area (Å²) in [6.07, 6.45) is 0.715. The van der Waals surface area contributed by atoms with Gasteiger partial charge in [0.15, 0.2) is 0 Å². The molecule has 1 N–H and O–H groups in total. The highest BCUT2D eigenvalue weighted by atomic mass is 32.1. The first-order valence-corrected chi connectivity index (χ1v) is 10.1. The minimum atomic E-state index is -0.426. The molecule has 0 bridgehead atoms. The van der Waals surface area contributed by atoms with Crippen molar-refractivity contribution in [3.63, 3.8) is 0 Å². The molecule has 3 rings (SSSR count). The number of nitrogens with zero attached hydrogens (tertiary/aromatic N) is 4. The maximum atomic E-state index is 12.1. The highest BCUT2D eigenvalue weighted by Crippen LogP contribution is 2.20. The van der Waals surface area contributed by atoms with E-state index in [2.05, 4.69) is 50.8 Å². The number of anilines is 1. The minimum absolute atomic E-state index is 0.105. The molecule has 2 aromatic rings. The Hall–Kier alpha value is -2.68. The lowest BCUT2D eigenvalue weighted by atomic mass is 10.1. The number of nitrogens with one attached hydrogen (secondary N) is 1. The number of hydrogen-bond acceptors (Lipinski definition) is 7. The number of amides is 2. The van der Waals surface area contributed by atoms with Gasteiger partial charge in [0.1, 0.15) is 12.4 Å². The summed E-state index contributed by atoms with van der Waals surface area (Å²) in [7, 11) is 0. The van der Waals surface area contributed by atoms with Crippen molar-refractivity contribution in [3.8, 4) is 0 Å². The topological polar surface area (TPSA) is 87.7 Å². The van der Waals surface area contributed by atoms with Gasteiger partial charge >= 0.3 is 12.0 Å². The van der Waals surface area contributed by atoms with Gasteiger partial charge < -0.3 is 19.9 Å². The zero-order valence-corrected chi connectivity index (χ0v) is 17.0. The van der Waals surface area contributed by atoms with E-state index in [1.54, 1.807) is 11.8 Å². The maximum Gasteiger partial charge on any atom is 0.325 e. The molecule has 0 atom stereocenters. The number of esters is 1. The van der Waals surface area contributed by atoms with E-state index in [-0.39, 0.29) is 12.6 Å². The molecule has 0 radical (unpaired) electrons. The van der Waals surface area contributed by atoms with Gasteiger partial charge in [-0.2, -0.15) is 4.37 Å². The Morgan fingerprint density at radius 1 is 1.18 bits per heavy atom. The summed E-state index contributed by atoms with van der Waals surface area (Å²) in [4.78, 5) is 32.0. The molecule has 2 heterocycles. The molecule has 1 fully saturated rings. The van der Waals surface area contributed by atoms with Crippen LogP contribution in [0.3, 0.4) is 0 Å². The first-order valence-electron chi connectivity index (χ1n) is 9.36. The van der Waals surface area contributed by atoms with E-state index < -0.39 is 5.97 Å². The van der Waals surface area contributed by atoms with Crippen LogP contribution in [0.2, 0.25) is 0 Å². The van der Waals surface area contributed by atoms with Gasteiger partial charge in [-0.25, -0.2) is 9.78 Å².